The first-order valence-electron chi connectivity index (χ1n) is 3.68. The van der Waals surface area contributed by atoms with Crippen molar-refractivity contribution in [2.75, 3.05) is 0 Å². The van der Waals surface area contributed by atoms with Crippen molar-refractivity contribution in [2.45, 2.75) is 19.3 Å². The third kappa shape index (κ3) is 4.18. The summed E-state index contributed by atoms with van der Waals surface area (Å²) in [4.78, 5) is 31.9. The first-order chi connectivity index (χ1) is 6.49. The summed E-state index contributed by atoms with van der Waals surface area (Å²) in [5, 5.41) is 16.6. The van der Waals surface area contributed by atoms with Gasteiger partial charge in [-0.05, 0) is 0 Å². The molecular formula is C7H9N3O4. The fourth-order valence-corrected chi connectivity index (χ4v) is 0.626. The van der Waals surface area contributed by atoms with Crippen LogP contribution in [-0.2, 0) is 14.4 Å². The van der Waals surface area contributed by atoms with E-state index in [1.54, 1.807) is 0 Å². The molecule has 0 saturated heterocycles. The molecule has 0 heterocycles. The monoisotopic (exact) mass is 199 g/mol. The van der Waals surface area contributed by atoms with Gasteiger partial charge in [0.05, 0.1) is 12.5 Å². The minimum absolute atomic E-state index is 0.270. The summed E-state index contributed by atoms with van der Waals surface area (Å²) in [6.45, 7) is 0. The first-order valence-corrected chi connectivity index (χ1v) is 3.68. The minimum atomic E-state index is -1.15. The van der Waals surface area contributed by atoms with Gasteiger partial charge in [-0.1, -0.05) is 0 Å². The van der Waals surface area contributed by atoms with Gasteiger partial charge in [-0.3, -0.25) is 14.4 Å². The number of hydrazine groups is 1. The van der Waals surface area contributed by atoms with E-state index >= 15 is 0 Å². The van der Waals surface area contributed by atoms with Crippen LogP contribution < -0.4 is 5.84 Å². The van der Waals surface area contributed by atoms with Crippen molar-refractivity contribution in [3.8, 4) is 6.07 Å². The average Bonchev–Trinajstić information content (AvgIpc) is 2.13. The smallest absolute Gasteiger partial charge is 0.303 e. The number of nitrogens with two attached hydrogens (primary N) is 1. The molecule has 0 radical (unpaired) electrons. The van der Waals surface area contributed by atoms with E-state index in [1.165, 1.54) is 6.07 Å². The van der Waals surface area contributed by atoms with Gasteiger partial charge in [0.25, 0.3) is 5.91 Å². The molecule has 0 rings (SSSR count). The molecule has 3 N–H and O–H groups in total. The molecule has 0 bridgehead atoms. The number of aliphatic carboxylic acids is 1. The van der Waals surface area contributed by atoms with E-state index in [0.29, 0.717) is 0 Å². The third-order valence-corrected chi connectivity index (χ3v) is 1.32. The second kappa shape index (κ2) is 5.66. The molecule has 0 aliphatic heterocycles. The van der Waals surface area contributed by atoms with Gasteiger partial charge >= 0.3 is 5.97 Å². The number of carbonyl (C=O) groups excluding carboxylic acids is 2. The zero-order chi connectivity index (χ0) is 11.1. The first kappa shape index (κ1) is 12.1. The molecule has 0 aromatic heterocycles. The topological polar surface area (TPSA) is 124 Å². The van der Waals surface area contributed by atoms with E-state index in [2.05, 4.69) is 0 Å². The van der Waals surface area contributed by atoms with E-state index in [0.717, 1.165) is 0 Å². The van der Waals surface area contributed by atoms with Crippen LogP contribution in [0.3, 0.4) is 0 Å². The number of imide groups is 1. The number of hydrogen-bond acceptors (Lipinski definition) is 5. The number of carbonyl (C=O) groups is 3. The molecule has 0 fully saturated rings. The van der Waals surface area contributed by atoms with E-state index < -0.39 is 30.6 Å². The average molecular weight is 199 g/mol. The number of nitriles is 1. The summed E-state index contributed by atoms with van der Waals surface area (Å²) in [7, 11) is 0. The Kier molecular flexibility index (Phi) is 4.88. The van der Waals surface area contributed by atoms with Crippen LogP contribution in [0.5, 0.6) is 0 Å². The van der Waals surface area contributed by atoms with Gasteiger partial charge in [0.1, 0.15) is 6.42 Å². The third-order valence-electron chi connectivity index (χ3n) is 1.32. The van der Waals surface area contributed by atoms with Gasteiger partial charge in [0.2, 0.25) is 5.91 Å². The van der Waals surface area contributed by atoms with Gasteiger partial charge in [0, 0.05) is 6.42 Å². The molecule has 0 atom stereocenters. The number of rotatable bonds is 4. The van der Waals surface area contributed by atoms with Crippen molar-refractivity contribution in [3.05, 3.63) is 0 Å². The molecule has 14 heavy (non-hydrogen) atoms. The zero-order valence-electron chi connectivity index (χ0n) is 7.27. The fourth-order valence-electron chi connectivity index (χ4n) is 0.626. The molecule has 0 aliphatic rings. The predicted molar refractivity (Wildman–Crippen MR) is 43.1 cm³/mol. The minimum Gasteiger partial charge on any atom is -0.481 e. The maximum Gasteiger partial charge on any atom is 0.303 e. The Morgan fingerprint density at radius 1 is 1.29 bits per heavy atom. The molecule has 76 valence electrons. The van der Waals surface area contributed by atoms with Gasteiger partial charge in [-0.25, -0.2) is 10.9 Å². The Labute approximate surface area is 79.7 Å². The van der Waals surface area contributed by atoms with E-state index in [9.17, 15) is 14.4 Å². The molecule has 7 heteroatoms. The van der Waals surface area contributed by atoms with Crippen LogP contribution in [0.4, 0.5) is 0 Å². The normalized spacial score (nSPS) is 8.86. The maximum absolute atomic E-state index is 11.0. The largest absolute Gasteiger partial charge is 0.481 e. The van der Waals surface area contributed by atoms with Crippen LogP contribution in [0.1, 0.15) is 19.3 Å². The molecule has 0 aromatic rings. The lowest BCUT2D eigenvalue weighted by Crippen LogP contribution is -2.42. The van der Waals surface area contributed by atoms with Crippen molar-refractivity contribution in [3.63, 3.8) is 0 Å². The highest BCUT2D eigenvalue weighted by atomic mass is 16.4. The van der Waals surface area contributed by atoms with Gasteiger partial charge < -0.3 is 5.11 Å². The molecule has 0 aliphatic carbocycles. The van der Waals surface area contributed by atoms with Gasteiger partial charge in [-0.2, -0.15) is 5.26 Å². The van der Waals surface area contributed by atoms with Crippen molar-refractivity contribution in [1.29, 1.82) is 5.26 Å². The Balaban J connectivity index is 4.06. The van der Waals surface area contributed by atoms with Crippen molar-refractivity contribution in [1.82, 2.24) is 5.01 Å². The Hall–Kier alpha value is -1.94. The van der Waals surface area contributed by atoms with Crippen LogP contribution in [0, 0.1) is 11.3 Å². The number of carboxylic acid groups (broad SMARTS) is 1. The highest BCUT2D eigenvalue weighted by Gasteiger charge is 2.17. The molecule has 7 nitrogen and oxygen atoms in total. The van der Waals surface area contributed by atoms with Crippen molar-refractivity contribution in [2.24, 2.45) is 5.84 Å². The number of amides is 2. The van der Waals surface area contributed by atoms with E-state index in [1.807, 2.05) is 0 Å². The van der Waals surface area contributed by atoms with Crippen molar-refractivity contribution >= 4 is 17.8 Å². The Bertz CT molecular complexity index is 294. The summed E-state index contributed by atoms with van der Waals surface area (Å²) < 4.78 is 0. The van der Waals surface area contributed by atoms with E-state index in [4.69, 9.17) is 16.2 Å². The van der Waals surface area contributed by atoms with Crippen molar-refractivity contribution < 1.29 is 19.5 Å². The summed E-state index contributed by atoms with van der Waals surface area (Å²) >= 11 is 0. The predicted octanol–water partition coefficient (Wildman–Crippen LogP) is -1.01. The maximum atomic E-state index is 11.0. The van der Waals surface area contributed by atoms with Gasteiger partial charge in [-0.15, -0.1) is 0 Å². The molecule has 0 aromatic carbocycles. The van der Waals surface area contributed by atoms with Crippen LogP contribution in [0.2, 0.25) is 0 Å². The van der Waals surface area contributed by atoms with Crippen LogP contribution in [0.15, 0.2) is 0 Å². The summed E-state index contributed by atoms with van der Waals surface area (Å²) in [5.41, 5.74) is 0. The lowest BCUT2D eigenvalue weighted by Gasteiger charge is -2.11. The summed E-state index contributed by atoms with van der Waals surface area (Å²) in [6, 6.07) is 1.53. The molecule has 2 amide bonds. The second-order valence-electron chi connectivity index (χ2n) is 2.39. The fraction of sp³-hybridized carbons (Fsp3) is 0.429. The number of carboxylic acids is 1. The SMILES string of the molecule is N#CCC(=O)N(N)C(=O)CCC(=O)O. The van der Waals surface area contributed by atoms with Crippen LogP contribution >= 0.6 is 0 Å². The highest BCUT2D eigenvalue weighted by molar-refractivity contribution is 5.96. The second-order valence-corrected chi connectivity index (χ2v) is 2.39. The quantitative estimate of drug-likeness (QED) is 0.339. The highest BCUT2D eigenvalue weighted by Crippen LogP contribution is 1.96. The number of hydrogen-bond donors (Lipinski definition) is 2. The Morgan fingerprint density at radius 3 is 2.29 bits per heavy atom. The van der Waals surface area contributed by atoms with E-state index in [-0.39, 0.29) is 11.4 Å². The molecule has 0 saturated carbocycles. The molecule has 0 unspecified atom stereocenters. The Morgan fingerprint density at radius 2 is 1.86 bits per heavy atom. The van der Waals surface area contributed by atoms with Gasteiger partial charge in [0.15, 0.2) is 0 Å². The molecule has 0 spiro atoms. The van der Waals surface area contributed by atoms with Crippen LogP contribution in [-0.4, -0.2) is 27.9 Å². The lowest BCUT2D eigenvalue weighted by molar-refractivity contribution is -0.147. The number of nitrogens with zero attached hydrogens (tertiary/aromatic N) is 2. The summed E-state index contributed by atoms with van der Waals surface area (Å²) in [5.74, 6) is 2.21. The standard InChI is InChI=1S/C7H9N3O4/c8-4-3-6(12)10(9)5(11)1-2-7(13)14/h1-3,9H2,(H,13,14). The zero-order valence-corrected chi connectivity index (χ0v) is 7.27. The molecular weight excluding hydrogens is 190 g/mol. The van der Waals surface area contributed by atoms with Crippen LogP contribution in [0.25, 0.3) is 0 Å². The lowest BCUT2D eigenvalue weighted by atomic mass is 10.3. The summed E-state index contributed by atoms with van der Waals surface area (Å²) in [6.07, 6.45) is -1.26.